The van der Waals surface area contributed by atoms with Gasteiger partial charge in [0.25, 0.3) is 0 Å². The minimum absolute atomic E-state index is 0.178. The lowest BCUT2D eigenvalue weighted by Gasteiger charge is -2.30. The molecule has 0 aliphatic carbocycles. The predicted octanol–water partition coefficient (Wildman–Crippen LogP) is 2.90. The van der Waals surface area contributed by atoms with Gasteiger partial charge in [-0.3, -0.25) is 4.90 Å². The van der Waals surface area contributed by atoms with Crippen LogP contribution < -0.4 is 16.4 Å². The molecule has 212 valence electrons. The zero-order chi connectivity index (χ0) is 27.9. The Labute approximate surface area is 229 Å². The first kappa shape index (κ1) is 28.8. The van der Waals surface area contributed by atoms with Gasteiger partial charge in [0, 0.05) is 37.6 Å². The van der Waals surface area contributed by atoms with Gasteiger partial charge >= 0.3 is 6.03 Å². The Hall–Kier alpha value is -3.25. The first-order valence-corrected chi connectivity index (χ1v) is 13.7. The molecule has 2 amide bonds. The molecule has 1 fully saturated rings. The number of carbonyl (C=O) groups excluding carboxylic acids is 1. The summed E-state index contributed by atoms with van der Waals surface area (Å²) in [5.74, 6) is 0.344. The fourth-order valence-electron chi connectivity index (χ4n) is 4.89. The summed E-state index contributed by atoms with van der Waals surface area (Å²) >= 11 is 0. The molecule has 0 saturated carbocycles. The number of hydrogen-bond acceptors (Lipinski definition) is 8. The van der Waals surface area contributed by atoms with E-state index in [4.69, 9.17) is 10.5 Å². The highest BCUT2D eigenvalue weighted by Crippen LogP contribution is 2.33. The number of aryl methyl sites for hydroxylation is 1. The van der Waals surface area contributed by atoms with Gasteiger partial charge in [-0.2, -0.15) is 0 Å². The Morgan fingerprint density at radius 1 is 1.15 bits per heavy atom. The molecular formula is C28H41N7O4. The lowest BCUT2D eigenvalue weighted by atomic mass is 10.1. The minimum Gasteiger partial charge on any atom is -0.387 e. The van der Waals surface area contributed by atoms with Crippen LogP contribution >= 0.6 is 0 Å². The molecule has 1 aliphatic heterocycles. The quantitative estimate of drug-likeness (QED) is 0.221. The van der Waals surface area contributed by atoms with Crippen molar-refractivity contribution in [3.63, 3.8) is 0 Å². The molecule has 11 heteroatoms. The molecule has 2 aromatic heterocycles. The molecule has 3 unspecified atom stereocenters. The van der Waals surface area contributed by atoms with Gasteiger partial charge < -0.3 is 35.9 Å². The summed E-state index contributed by atoms with van der Waals surface area (Å²) in [6, 6.07) is 9.67. The highest BCUT2D eigenvalue weighted by molar-refractivity contribution is 5.89. The zero-order valence-electron chi connectivity index (χ0n) is 23.0. The van der Waals surface area contributed by atoms with Crippen molar-refractivity contribution >= 4 is 28.6 Å². The number of nitrogens with zero attached hydrogens (tertiary/aromatic N) is 4. The highest BCUT2D eigenvalue weighted by Gasteiger charge is 2.44. The van der Waals surface area contributed by atoms with Gasteiger partial charge in [0.15, 0.2) is 6.23 Å². The van der Waals surface area contributed by atoms with Crippen molar-refractivity contribution in [2.75, 3.05) is 30.7 Å². The zero-order valence-corrected chi connectivity index (χ0v) is 23.0. The summed E-state index contributed by atoms with van der Waals surface area (Å²) in [5, 5.41) is 28.0. The number of rotatable bonds is 12. The number of nitrogen functional groups attached to an aromatic ring is 1. The Morgan fingerprint density at radius 3 is 2.64 bits per heavy atom. The number of unbranched alkanes of at least 4 members (excludes halogenated alkanes) is 1. The Kier molecular flexibility index (Phi) is 9.73. The summed E-state index contributed by atoms with van der Waals surface area (Å²) in [5.41, 5.74) is 8.51. The summed E-state index contributed by atoms with van der Waals surface area (Å²) in [4.78, 5) is 22.8. The number of ether oxygens (including phenoxy) is 1. The Morgan fingerprint density at radius 2 is 1.92 bits per heavy atom. The molecule has 39 heavy (non-hydrogen) atoms. The highest BCUT2D eigenvalue weighted by atomic mass is 16.6. The lowest BCUT2D eigenvalue weighted by Crippen LogP contribution is -2.44. The van der Waals surface area contributed by atoms with E-state index >= 15 is 0 Å². The van der Waals surface area contributed by atoms with E-state index in [2.05, 4.69) is 58.4 Å². The fraction of sp³-hybridized carbons (Fsp3) is 0.536. The average molecular weight is 540 g/mol. The van der Waals surface area contributed by atoms with Crippen LogP contribution in [-0.4, -0.2) is 79.7 Å². The fourth-order valence-corrected chi connectivity index (χ4v) is 4.89. The van der Waals surface area contributed by atoms with Gasteiger partial charge in [0.2, 0.25) is 0 Å². The van der Waals surface area contributed by atoms with E-state index in [1.54, 1.807) is 16.8 Å². The Bertz CT molecular complexity index is 1220. The predicted molar refractivity (Wildman–Crippen MR) is 151 cm³/mol. The van der Waals surface area contributed by atoms with Gasteiger partial charge in [-0.1, -0.05) is 25.5 Å². The van der Waals surface area contributed by atoms with Crippen molar-refractivity contribution in [3.8, 4) is 0 Å². The summed E-state index contributed by atoms with van der Waals surface area (Å²) in [6.45, 7) is 7.93. The third kappa shape index (κ3) is 7.04. The first-order chi connectivity index (χ1) is 18.8. The normalized spacial score (nSPS) is 21.2. The molecule has 0 spiro atoms. The number of aromatic nitrogens is 3. The third-order valence-corrected chi connectivity index (χ3v) is 7.23. The van der Waals surface area contributed by atoms with Crippen molar-refractivity contribution in [2.24, 2.45) is 0 Å². The van der Waals surface area contributed by atoms with Crippen LogP contribution in [0.4, 0.5) is 16.3 Å². The van der Waals surface area contributed by atoms with Crippen LogP contribution in [0, 0.1) is 0 Å². The minimum atomic E-state index is -1.12. The molecule has 1 aliphatic rings. The summed E-state index contributed by atoms with van der Waals surface area (Å²) < 4.78 is 7.82. The number of carbonyl (C=O) groups is 1. The van der Waals surface area contributed by atoms with Crippen LogP contribution in [0.2, 0.25) is 0 Å². The van der Waals surface area contributed by atoms with E-state index in [1.165, 1.54) is 11.9 Å². The molecule has 0 radical (unpaired) electrons. The molecule has 4 rings (SSSR count). The maximum Gasteiger partial charge on any atom is 0.319 e. The van der Waals surface area contributed by atoms with Gasteiger partial charge in [-0.05, 0) is 56.9 Å². The number of fused-ring (bicyclic) bond motifs is 1. The van der Waals surface area contributed by atoms with Crippen molar-refractivity contribution in [1.29, 1.82) is 0 Å². The van der Waals surface area contributed by atoms with E-state index < -0.39 is 24.5 Å². The van der Waals surface area contributed by atoms with E-state index in [0.29, 0.717) is 36.5 Å². The van der Waals surface area contributed by atoms with Crippen molar-refractivity contribution in [2.45, 2.75) is 77.0 Å². The molecule has 3 heterocycles. The Balaban J connectivity index is 1.26. The second-order valence-electron chi connectivity index (χ2n) is 10.4. The second kappa shape index (κ2) is 13.2. The van der Waals surface area contributed by atoms with Gasteiger partial charge in [0.1, 0.15) is 36.1 Å². The van der Waals surface area contributed by atoms with Crippen LogP contribution in [0.1, 0.15) is 51.8 Å². The number of hydrogen-bond donors (Lipinski definition) is 5. The van der Waals surface area contributed by atoms with Crippen LogP contribution in [0.5, 0.6) is 0 Å². The van der Waals surface area contributed by atoms with E-state index in [1.807, 2.05) is 12.1 Å². The number of anilines is 2. The monoisotopic (exact) mass is 539 g/mol. The molecular weight excluding hydrogens is 498 g/mol. The molecule has 1 aromatic carbocycles. The van der Waals surface area contributed by atoms with Crippen molar-refractivity contribution in [3.05, 3.63) is 48.4 Å². The second-order valence-corrected chi connectivity index (χ2v) is 10.4. The maximum atomic E-state index is 12.3. The maximum absolute atomic E-state index is 12.3. The molecule has 1 saturated heterocycles. The first-order valence-electron chi connectivity index (χ1n) is 13.7. The van der Waals surface area contributed by atoms with E-state index in [-0.39, 0.29) is 12.1 Å². The number of aliphatic hydroxyl groups excluding tert-OH is 2. The number of aliphatic hydroxyl groups is 2. The molecule has 11 nitrogen and oxygen atoms in total. The molecule has 0 bridgehead atoms. The van der Waals surface area contributed by atoms with E-state index in [9.17, 15) is 15.0 Å². The van der Waals surface area contributed by atoms with Gasteiger partial charge in [-0.15, -0.1) is 0 Å². The average Bonchev–Trinajstić information content (AvgIpc) is 3.47. The number of urea groups is 1. The summed E-state index contributed by atoms with van der Waals surface area (Å²) in [6.07, 6.45) is 3.59. The van der Waals surface area contributed by atoms with Crippen molar-refractivity contribution < 1.29 is 19.7 Å². The standard InChI is InChI=1S/C28H41N7O4/c1-4-5-7-19-8-10-20(11-9-19)33-28(38)30-13-6-14-34(18(2)3)16-22-23(36)24(37)27(39-22)35-15-12-21-25(29)31-17-32-26(21)35/h8-12,15,17-18,22-24,27,36-37H,4-7,13-14,16H2,1-3H3,(H2,29,31,32)(H2,30,33,38)/t22?,23-,24?,27?/m1/s1. The van der Waals surface area contributed by atoms with E-state index in [0.717, 1.165) is 31.4 Å². The van der Waals surface area contributed by atoms with Crippen LogP contribution in [0.15, 0.2) is 42.9 Å². The molecule has 3 aromatic rings. The van der Waals surface area contributed by atoms with Gasteiger partial charge in [-0.25, -0.2) is 14.8 Å². The number of amides is 2. The number of nitrogens with one attached hydrogen (secondary N) is 2. The van der Waals surface area contributed by atoms with Crippen LogP contribution in [0.3, 0.4) is 0 Å². The van der Waals surface area contributed by atoms with Gasteiger partial charge in [0.05, 0.1) is 5.39 Å². The lowest BCUT2D eigenvalue weighted by molar-refractivity contribution is -0.0465. The third-order valence-electron chi connectivity index (χ3n) is 7.23. The van der Waals surface area contributed by atoms with Crippen LogP contribution in [0.25, 0.3) is 11.0 Å². The smallest absolute Gasteiger partial charge is 0.319 e. The number of benzene rings is 1. The largest absolute Gasteiger partial charge is 0.387 e. The molecule has 6 N–H and O–H groups in total. The summed E-state index contributed by atoms with van der Waals surface area (Å²) in [7, 11) is 0. The SMILES string of the molecule is CCCCc1ccc(NC(=O)NCCCN(CC2OC(n3ccc4c(N)ncnc43)C(O)[C@@H]2O)C(C)C)cc1. The topological polar surface area (TPSA) is 151 Å². The molecule has 4 atom stereocenters. The van der Waals surface area contributed by atoms with Crippen LogP contribution in [-0.2, 0) is 11.2 Å². The number of nitrogens with two attached hydrogens (primary N) is 1. The van der Waals surface area contributed by atoms with Crippen molar-refractivity contribution in [1.82, 2.24) is 24.8 Å².